The number of halogens is 1. The summed E-state index contributed by atoms with van der Waals surface area (Å²) >= 11 is 2.21. The van der Waals surface area contributed by atoms with Crippen molar-refractivity contribution < 1.29 is 18.3 Å². The zero-order valence-electron chi connectivity index (χ0n) is 22.4. The number of nitrogens with zero attached hydrogens (tertiary/aromatic N) is 6. The van der Waals surface area contributed by atoms with Crippen LogP contribution in [0.25, 0.3) is 27.9 Å². The molecule has 0 unspecified atom stereocenters. The lowest BCUT2D eigenvalue weighted by molar-refractivity contribution is 0.147. The Labute approximate surface area is 245 Å². The molecule has 3 aromatic heterocycles. The molecule has 0 amide bonds. The maximum atomic E-state index is 13.9. The van der Waals surface area contributed by atoms with Crippen LogP contribution in [0.1, 0.15) is 33.1 Å². The van der Waals surface area contributed by atoms with Crippen LogP contribution in [0.15, 0.2) is 34.2 Å². The lowest BCUT2D eigenvalue weighted by Gasteiger charge is -2.36. The van der Waals surface area contributed by atoms with E-state index in [2.05, 4.69) is 42.7 Å². The van der Waals surface area contributed by atoms with Crippen molar-refractivity contribution >= 4 is 49.3 Å². The van der Waals surface area contributed by atoms with Gasteiger partial charge in [0, 0.05) is 44.3 Å². The number of H-pyrrole nitrogens is 1. The van der Waals surface area contributed by atoms with Crippen LogP contribution in [0.5, 0.6) is 5.75 Å². The minimum atomic E-state index is -3.81. The van der Waals surface area contributed by atoms with Gasteiger partial charge in [0.1, 0.15) is 17.6 Å². The van der Waals surface area contributed by atoms with Gasteiger partial charge in [0.05, 0.1) is 32.4 Å². The molecule has 0 aliphatic carbocycles. The van der Waals surface area contributed by atoms with Crippen LogP contribution in [0.2, 0.25) is 0 Å². The Morgan fingerprint density at radius 3 is 2.80 bits per heavy atom. The Morgan fingerprint density at radius 1 is 1.20 bits per heavy atom. The van der Waals surface area contributed by atoms with E-state index in [0.717, 1.165) is 16.4 Å². The van der Waals surface area contributed by atoms with Gasteiger partial charge in [0.2, 0.25) is 10.0 Å². The lowest BCUT2D eigenvalue weighted by atomic mass is 10.1. The summed E-state index contributed by atoms with van der Waals surface area (Å²) in [5.74, 6) is 0.552. The number of aromatic nitrogens is 5. The number of aromatic amines is 1. The standard InChI is InChI=1S/C26H32IN7O5S/c1-3-7-33-24-21(27)22(29-23(24)25-30-28-15-34(25)26(33)36)19-12-18(5-6-20(19)39-10-4-2)40(37,38)32-9-8-31-14-17(35)11-16(31)13-32/h5-6,12,15-17,29,35H,3-4,7-11,13-14H2,1-2H3/t16-,17+/m0/s1. The molecule has 2 aliphatic rings. The van der Waals surface area contributed by atoms with E-state index in [4.69, 9.17) is 4.74 Å². The molecule has 0 radical (unpaired) electrons. The Hall–Kier alpha value is -2.53. The van der Waals surface area contributed by atoms with Gasteiger partial charge in [-0.2, -0.15) is 4.31 Å². The van der Waals surface area contributed by atoms with Gasteiger partial charge in [-0.15, -0.1) is 10.2 Å². The van der Waals surface area contributed by atoms with Crippen LogP contribution in [0.4, 0.5) is 0 Å². The molecule has 12 nitrogen and oxygen atoms in total. The smallest absolute Gasteiger partial charge is 0.335 e. The van der Waals surface area contributed by atoms with Crippen molar-refractivity contribution in [1.29, 1.82) is 0 Å². The van der Waals surface area contributed by atoms with Gasteiger partial charge >= 0.3 is 5.69 Å². The fourth-order valence-electron chi connectivity index (χ4n) is 5.83. The zero-order valence-corrected chi connectivity index (χ0v) is 25.4. The molecular weight excluding hydrogens is 649 g/mol. The molecule has 14 heteroatoms. The fraction of sp³-hybridized carbons (Fsp3) is 0.500. The van der Waals surface area contributed by atoms with Crippen LogP contribution in [-0.2, 0) is 16.6 Å². The molecule has 0 spiro atoms. The first kappa shape index (κ1) is 27.6. The lowest BCUT2D eigenvalue weighted by Crippen LogP contribution is -2.51. The Kier molecular flexibility index (Phi) is 7.39. The number of aliphatic hydroxyl groups excluding tert-OH is 1. The second-order valence-corrected chi connectivity index (χ2v) is 13.4. The summed E-state index contributed by atoms with van der Waals surface area (Å²) in [6.45, 7) is 6.89. The van der Waals surface area contributed by atoms with Crippen molar-refractivity contribution in [2.75, 3.05) is 32.8 Å². The minimum Gasteiger partial charge on any atom is -0.493 e. The molecule has 6 rings (SSSR count). The molecule has 4 aromatic rings. The van der Waals surface area contributed by atoms with Gasteiger partial charge in [-0.3, -0.25) is 9.47 Å². The van der Waals surface area contributed by atoms with E-state index in [9.17, 15) is 18.3 Å². The second-order valence-electron chi connectivity index (χ2n) is 10.4. The maximum absolute atomic E-state index is 13.9. The summed E-state index contributed by atoms with van der Waals surface area (Å²) in [5, 5.41) is 18.2. The molecule has 214 valence electrons. The summed E-state index contributed by atoms with van der Waals surface area (Å²) in [5.41, 5.74) is 2.78. The van der Waals surface area contributed by atoms with Gasteiger partial charge < -0.3 is 14.8 Å². The number of aryl methyl sites for hydroxylation is 1. The maximum Gasteiger partial charge on any atom is 0.335 e. The SMILES string of the molecule is CCCOc1ccc(S(=O)(=O)N2CCN3C[C@H](O)C[C@H]3C2)cc1-c1[nH]c2c(c1I)n(CCC)c(=O)n1cnnc21. The van der Waals surface area contributed by atoms with E-state index < -0.39 is 16.1 Å². The van der Waals surface area contributed by atoms with E-state index in [1.165, 1.54) is 15.0 Å². The average molecular weight is 682 g/mol. The van der Waals surface area contributed by atoms with Crippen LogP contribution in [0.3, 0.4) is 0 Å². The number of benzene rings is 1. The molecule has 2 atom stereocenters. The van der Waals surface area contributed by atoms with E-state index >= 15 is 0 Å². The molecule has 1 aromatic carbocycles. The van der Waals surface area contributed by atoms with Crippen molar-refractivity contribution in [3.8, 4) is 17.0 Å². The third-order valence-corrected chi connectivity index (χ3v) is 10.6. The molecule has 2 N–H and O–H groups in total. The molecule has 0 bridgehead atoms. The highest BCUT2D eigenvalue weighted by Crippen LogP contribution is 2.39. The van der Waals surface area contributed by atoms with Crippen LogP contribution in [-0.4, -0.2) is 91.8 Å². The number of rotatable bonds is 8. The Balaban J connectivity index is 1.49. The summed E-state index contributed by atoms with van der Waals surface area (Å²) in [6, 6.07) is 4.98. The number of aliphatic hydroxyl groups is 1. The van der Waals surface area contributed by atoms with Gasteiger partial charge in [-0.25, -0.2) is 17.6 Å². The molecule has 2 fully saturated rings. The molecule has 2 saturated heterocycles. The zero-order chi connectivity index (χ0) is 28.2. The minimum absolute atomic E-state index is 0.0145. The van der Waals surface area contributed by atoms with Gasteiger partial charge in [0.25, 0.3) is 0 Å². The number of hydrogen-bond donors (Lipinski definition) is 2. The fourth-order valence-corrected chi connectivity index (χ4v) is 8.31. The third kappa shape index (κ3) is 4.53. The number of nitrogens with one attached hydrogen (secondary N) is 1. The van der Waals surface area contributed by atoms with Crippen molar-refractivity contribution in [3.63, 3.8) is 0 Å². The first-order valence-electron chi connectivity index (χ1n) is 13.6. The molecule has 2 aliphatic heterocycles. The summed E-state index contributed by atoms with van der Waals surface area (Å²) in [4.78, 5) is 19.0. The highest BCUT2D eigenvalue weighted by atomic mass is 127. The highest BCUT2D eigenvalue weighted by Gasteiger charge is 2.39. The van der Waals surface area contributed by atoms with Crippen molar-refractivity contribution in [1.82, 2.24) is 33.4 Å². The molecule has 5 heterocycles. The molecule has 40 heavy (non-hydrogen) atoms. The van der Waals surface area contributed by atoms with Crippen LogP contribution in [0, 0.1) is 3.57 Å². The molecule has 0 saturated carbocycles. The van der Waals surface area contributed by atoms with Gasteiger partial charge in [-0.05, 0) is 60.1 Å². The first-order valence-corrected chi connectivity index (χ1v) is 16.1. The topological polar surface area (TPSA) is 138 Å². The van der Waals surface area contributed by atoms with Crippen molar-refractivity contribution in [2.24, 2.45) is 0 Å². The van der Waals surface area contributed by atoms with Crippen molar-refractivity contribution in [3.05, 3.63) is 38.6 Å². The third-order valence-electron chi connectivity index (χ3n) is 7.72. The van der Waals surface area contributed by atoms with E-state index in [1.807, 2.05) is 13.8 Å². The second kappa shape index (κ2) is 10.7. The predicted molar refractivity (Wildman–Crippen MR) is 158 cm³/mol. The highest BCUT2D eigenvalue weighted by molar-refractivity contribution is 14.1. The Morgan fingerprint density at radius 2 is 2.02 bits per heavy atom. The summed E-state index contributed by atoms with van der Waals surface area (Å²) < 4.78 is 39.2. The summed E-state index contributed by atoms with van der Waals surface area (Å²) in [6.07, 6.45) is 3.11. The van der Waals surface area contributed by atoms with E-state index in [-0.39, 0.29) is 16.6 Å². The van der Waals surface area contributed by atoms with E-state index in [0.29, 0.717) is 79.4 Å². The van der Waals surface area contributed by atoms with Gasteiger partial charge in [-0.1, -0.05) is 13.8 Å². The monoisotopic (exact) mass is 681 g/mol. The number of sulfonamides is 1. The largest absolute Gasteiger partial charge is 0.493 e. The van der Waals surface area contributed by atoms with Crippen LogP contribution < -0.4 is 10.4 Å². The predicted octanol–water partition coefficient (Wildman–Crippen LogP) is 2.28. The van der Waals surface area contributed by atoms with Crippen molar-refractivity contribution in [2.45, 2.75) is 56.7 Å². The first-order chi connectivity index (χ1) is 19.2. The summed E-state index contributed by atoms with van der Waals surface area (Å²) in [7, 11) is -3.81. The van der Waals surface area contributed by atoms with Gasteiger partial charge in [0.15, 0.2) is 5.65 Å². The normalized spacial score (nSPS) is 20.5. The number of piperazine rings is 1. The average Bonchev–Trinajstić information content (AvgIpc) is 3.66. The van der Waals surface area contributed by atoms with Crippen LogP contribution >= 0.6 is 22.6 Å². The Bertz CT molecular complexity index is 1750. The van der Waals surface area contributed by atoms with E-state index in [1.54, 1.807) is 22.8 Å². The number of ether oxygens (including phenoxy) is 1. The molecular formula is C26H32IN7O5S. The number of fused-ring (bicyclic) bond motifs is 4. The number of hydrogen-bond acceptors (Lipinski definition) is 8. The quantitative estimate of drug-likeness (QED) is 0.271.